The summed E-state index contributed by atoms with van der Waals surface area (Å²) in [6.07, 6.45) is -0.292. The Kier molecular flexibility index (Phi) is 6.29. The van der Waals surface area contributed by atoms with Crippen LogP contribution in [0.15, 0.2) is 12.1 Å². The van der Waals surface area contributed by atoms with Crippen LogP contribution in [-0.4, -0.2) is 59.9 Å². The van der Waals surface area contributed by atoms with Crippen LogP contribution in [-0.2, 0) is 10.5 Å². The topological polar surface area (TPSA) is 73.2 Å². The molecule has 1 saturated heterocycles. The van der Waals surface area contributed by atoms with Gasteiger partial charge in [0.15, 0.2) is 0 Å². The molecule has 6 nitrogen and oxygen atoms in total. The van der Waals surface area contributed by atoms with E-state index in [1.807, 2.05) is 27.7 Å². The predicted molar refractivity (Wildman–Crippen MR) is 104 cm³/mol. The molecule has 1 aromatic rings. The van der Waals surface area contributed by atoms with E-state index in [1.165, 1.54) is 0 Å². The average Bonchev–Trinajstić information content (AvgIpc) is 2.53. The van der Waals surface area contributed by atoms with Gasteiger partial charge in [0.2, 0.25) is 0 Å². The molecule has 0 atom stereocenters. The summed E-state index contributed by atoms with van der Waals surface area (Å²) in [5.41, 5.74) is 2.96. The van der Waals surface area contributed by atoms with Crippen molar-refractivity contribution < 1.29 is 19.6 Å². The first-order valence-corrected chi connectivity index (χ1v) is 9.09. The lowest BCUT2D eigenvalue weighted by molar-refractivity contribution is 0.0240. The molecule has 138 valence electrons. The van der Waals surface area contributed by atoms with Crippen molar-refractivity contribution in [2.45, 2.75) is 39.0 Å². The van der Waals surface area contributed by atoms with Gasteiger partial charge in [-0.05, 0) is 50.4 Å². The number of piperazine rings is 1. The second-order valence-corrected chi connectivity index (χ2v) is 7.63. The lowest BCUT2D eigenvalue weighted by Crippen LogP contribution is -2.50. The van der Waals surface area contributed by atoms with Crippen LogP contribution < -0.4 is 10.4 Å². The van der Waals surface area contributed by atoms with Crippen molar-refractivity contribution in [1.82, 2.24) is 4.90 Å². The van der Waals surface area contributed by atoms with Gasteiger partial charge in [0.05, 0.1) is 0 Å². The molecular formula is C17H27BN2O4S. The molecule has 0 radical (unpaired) electrons. The number of carbonyl (C=O) groups is 1. The van der Waals surface area contributed by atoms with E-state index in [1.54, 1.807) is 17.0 Å². The number of nitrogens with zero attached hydrogens (tertiary/aromatic N) is 2. The normalized spacial score (nSPS) is 15.3. The highest BCUT2D eigenvalue weighted by atomic mass is 32.1. The van der Waals surface area contributed by atoms with Crippen molar-refractivity contribution in [1.29, 1.82) is 0 Å². The first-order valence-electron chi connectivity index (χ1n) is 8.45. The molecule has 1 amide bonds. The lowest BCUT2D eigenvalue weighted by Gasteiger charge is -2.37. The SMILES string of the molecule is Cc1c(CS)cc(B(O)O)cc1N1CCN(C(=O)OC(C)(C)C)CC1. The molecule has 1 fully saturated rings. The van der Waals surface area contributed by atoms with Crippen LogP contribution in [0, 0.1) is 6.92 Å². The molecule has 2 rings (SSSR count). The summed E-state index contributed by atoms with van der Waals surface area (Å²) >= 11 is 4.34. The van der Waals surface area contributed by atoms with Crippen LogP contribution in [0.3, 0.4) is 0 Å². The van der Waals surface area contributed by atoms with Crippen LogP contribution in [0.1, 0.15) is 31.9 Å². The summed E-state index contributed by atoms with van der Waals surface area (Å²) in [7, 11) is -1.51. The molecule has 0 aliphatic carbocycles. The summed E-state index contributed by atoms with van der Waals surface area (Å²) < 4.78 is 5.42. The van der Waals surface area contributed by atoms with Gasteiger partial charge in [0.25, 0.3) is 0 Å². The molecule has 0 saturated carbocycles. The fourth-order valence-electron chi connectivity index (χ4n) is 2.88. The Labute approximate surface area is 155 Å². The Hall–Kier alpha value is -1.38. The van der Waals surface area contributed by atoms with Crippen LogP contribution in [0.2, 0.25) is 0 Å². The van der Waals surface area contributed by atoms with Crippen molar-refractivity contribution in [3.8, 4) is 0 Å². The molecule has 1 aliphatic rings. The van der Waals surface area contributed by atoms with Crippen molar-refractivity contribution >= 4 is 37.0 Å². The molecule has 25 heavy (non-hydrogen) atoms. The smallest absolute Gasteiger partial charge is 0.444 e. The maximum atomic E-state index is 12.2. The zero-order valence-corrected chi connectivity index (χ0v) is 16.2. The number of carbonyl (C=O) groups excluding carboxylic acids is 1. The number of amides is 1. The molecule has 1 aliphatic heterocycles. The van der Waals surface area contributed by atoms with Crippen molar-refractivity contribution in [3.63, 3.8) is 0 Å². The number of ether oxygens (including phenoxy) is 1. The third kappa shape index (κ3) is 5.06. The van der Waals surface area contributed by atoms with Gasteiger partial charge in [-0.2, -0.15) is 12.6 Å². The molecule has 0 bridgehead atoms. The van der Waals surface area contributed by atoms with Crippen LogP contribution in [0.4, 0.5) is 10.5 Å². The van der Waals surface area contributed by atoms with Crippen molar-refractivity contribution in [2.24, 2.45) is 0 Å². The molecule has 8 heteroatoms. The van der Waals surface area contributed by atoms with E-state index >= 15 is 0 Å². The third-order valence-corrected chi connectivity index (χ3v) is 4.59. The number of hydrogen-bond acceptors (Lipinski definition) is 6. The first-order chi connectivity index (χ1) is 11.6. The number of benzene rings is 1. The average molecular weight is 366 g/mol. The summed E-state index contributed by atoms with van der Waals surface area (Å²) in [4.78, 5) is 16.0. The van der Waals surface area contributed by atoms with E-state index in [-0.39, 0.29) is 6.09 Å². The molecule has 1 heterocycles. The highest BCUT2D eigenvalue weighted by Crippen LogP contribution is 2.25. The van der Waals surface area contributed by atoms with Gasteiger partial charge in [-0.3, -0.25) is 0 Å². The summed E-state index contributed by atoms with van der Waals surface area (Å²) in [5.74, 6) is 0.525. The highest BCUT2D eigenvalue weighted by Gasteiger charge is 2.27. The predicted octanol–water partition coefficient (Wildman–Crippen LogP) is 1.16. The van der Waals surface area contributed by atoms with Gasteiger partial charge >= 0.3 is 13.2 Å². The minimum absolute atomic E-state index is 0.292. The fourth-order valence-corrected chi connectivity index (χ4v) is 3.21. The Morgan fingerprint density at radius 1 is 1.24 bits per heavy atom. The van der Waals surface area contributed by atoms with Crippen molar-refractivity contribution in [2.75, 3.05) is 31.1 Å². The lowest BCUT2D eigenvalue weighted by atomic mass is 9.78. The van der Waals surface area contributed by atoms with Crippen molar-refractivity contribution in [3.05, 3.63) is 23.3 Å². The Morgan fingerprint density at radius 3 is 2.32 bits per heavy atom. The van der Waals surface area contributed by atoms with Gasteiger partial charge in [-0.1, -0.05) is 6.07 Å². The van der Waals surface area contributed by atoms with Crippen LogP contribution >= 0.6 is 12.6 Å². The largest absolute Gasteiger partial charge is 0.488 e. The Balaban J connectivity index is 2.12. The van der Waals surface area contributed by atoms with E-state index in [2.05, 4.69) is 17.5 Å². The summed E-state index contributed by atoms with van der Waals surface area (Å²) in [6.45, 7) is 10.0. The monoisotopic (exact) mass is 366 g/mol. The summed E-state index contributed by atoms with van der Waals surface area (Å²) in [6, 6.07) is 3.57. The van der Waals surface area contributed by atoms with Crippen LogP contribution in [0.5, 0.6) is 0 Å². The van der Waals surface area contributed by atoms with E-state index in [4.69, 9.17) is 4.74 Å². The van der Waals surface area contributed by atoms with Gasteiger partial charge in [-0.15, -0.1) is 0 Å². The third-order valence-electron chi connectivity index (χ3n) is 4.25. The van der Waals surface area contributed by atoms with Gasteiger partial charge < -0.3 is 24.6 Å². The highest BCUT2D eigenvalue weighted by molar-refractivity contribution is 7.79. The van der Waals surface area contributed by atoms with E-state index in [0.29, 0.717) is 37.4 Å². The molecule has 2 N–H and O–H groups in total. The Bertz CT molecular complexity index is 626. The zero-order chi connectivity index (χ0) is 18.8. The standard InChI is InChI=1S/C17H27BN2O4S/c1-12-13(11-25)9-14(18(22)23)10-15(12)19-5-7-20(8-6-19)16(21)24-17(2,3)4/h9-10,22-23,25H,5-8,11H2,1-4H3. The molecule has 0 aromatic heterocycles. The van der Waals surface area contributed by atoms with Gasteiger partial charge in [0, 0.05) is 37.6 Å². The molecule has 0 spiro atoms. The molecule has 1 aromatic carbocycles. The number of thiol groups is 1. The minimum Gasteiger partial charge on any atom is -0.444 e. The van der Waals surface area contributed by atoms with Gasteiger partial charge in [0.1, 0.15) is 5.60 Å². The quantitative estimate of drug-likeness (QED) is 0.553. The number of rotatable bonds is 3. The number of anilines is 1. The zero-order valence-electron chi connectivity index (χ0n) is 15.3. The molecule has 0 unspecified atom stereocenters. The van der Waals surface area contributed by atoms with E-state index < -0.39 is 12.7 Å². The Morgan fingerprint density at radius 2 is 1.84 bits per heavy atom. The van der Waals surface area contributed by atoms with Gasteiger partial charge in [-0.25, -0.2) is 4.79 Å². The molecular weight excluding hydrogens is 339 g/mol. The maximum Gasteiger partial charge on any atom is 0.488 e. The van der Waals surface area contributed by atoms with E-state index in [0.717, 1.165) is 16.8 Å². The van der Waals surface area contributed by atoms with Crippen LogP contribution in [0.25, 0.3) is 0 Å². The van der Waals surface area contributed by atoms with E-state index in [9.17, 15) is 14.8 Å². The number of hydrogen-bond donors (Lipinski definition) is 3. The second kappa shape index (κ2) is 7.89. The first kappa shape index (κ1) is 19.9. The second-order valence-electron chi connectivity index (χ2n) is 7.31. The fraction of sp³-hybridized carbons (Fsp3) is 0.588. The summed E-state index contributed by atoms with van der Waals surface area (Å²) in [5, 5.41) is 19.0. The minimum atomic E-state index is -1.51. The maximum absolute atomic E-state index is 12.2.